The fourth-order valence-corrected chi connectivity index (χ4v) is 4.14. The van der Waals surface area contributed by atoms with E-state index in [2.05, 4.69) is 5.10 Å². The van der Waals surface area contributed by atoms with E-state index in [4.69, 9.17) is 4.55 Å². The van der Waals surface area contributed by atoms with E-state index in [1.165, 1.54) is 28.2 Å². The largest absolute Gasteiger partial charge is 0.306 e. The molecule has 0 saturated heterocycles. The fraction of sp³-hybridized carbons (Fsp3) is 0.0476. The lowest BCUT2D eigenvalue weighted by molar-refractivity contribution is 0.563. The van der Waals surface area contributed by atoms with Crippen LogP contribution in [-0.4, -0.2) is 18.5 Å². The van der Waals surface area contributed by atoms with E-state index >= 15 is 0 Å². The molecule has 1 atom stereocenters. The molecule has 2 aromatic heterocycles. The van der Waals surface area contributed by atoms with Gasteiger partial charge in [0.1, 0.15) is 5.82 Å². The minimum atomic E-state index is -1.93. The summed E-state index contributed by atoms with van der Waals surface area (Å²) < 4.78 is 34.8. The van der Waals surface area contributed by atoms with E-state index < -0.39 is 11.1 Å². The van der Waals surface area contributed by atoms with Crippen molar-refractivity contribution in [3.8, 4) is 27.9 Å². The van der Waals surface area contributed by atoms with Gasteiger partial charge in [0, 0.05) is 10.9 Å². The smallest absolute Gasteiger partial charge is 0.280 e. The first kappa shape index (κ1) is 19.4. The van der Waals surface area contributed by atoms with Gasteiger partial charge in [-0.2, -0.15) is 21.1 Å². The van der Waals surface area contributed by atoms with Crippen LogP contribution in [0.25, 0.3) is 27.9 Å². The maximum Gasteiger partial charge on any atom is 0.280 e. The first-order valence-electron chi connectivity index (χ1n) is 8.60. The number of aromatic nitrogens is 2. The van der Waals surface area contributed by atoms with E-state index in [0.717, 1.165) is 5.56 Å². The van der Waals surface area contributed by atoms with Gasteiger partial charge in [0.25, 0.3) is 5.56 Å². The third-order valence-corrected chi connectivity index (χ3v) is 5.67. The lowest BCUT2D eigenvalue weighted by Crippen LogP contribution is -2.23. The molecule has 4 aromatic rings. The van der Waals surface area contributed by atoms with Crippen LogP contribution in [0.1, 0.15) is 5.56 Å². The molecule has 0 fully saturated rings. The van der Waals surface area contributed by atoms with Crippen molar-refractivity contribution in [2.45, 2.75) is 5.75 Å². The average Bonchev–Trinajstić information content (AvgIpc) is 3.23. The Bertz CT molecular complexity index is 1220. The number of halogens is 1. The molecule has 0 radical (unpaired) electrons. The Morgan fingerprint density at radius 1 is 1.03 bits per heavy atom. The van der Waals surface area contributed by atoms with E-state index in [0.29, 0.717) is 27.9 Å². The van der Waals surface area contributed by atoms with Crippen molar-refractivity contribution < 1.29 is 13.2 Å². The minimum Gasteiger partial charge on any atom is -0.306 e. The monoisotopic (exact) mass is 426 g/mol. The highest BCUT2D eigenvalue weighted by Gasteiger charge is 2.16. The Balaban J connectivity index is 1.89. The summed E-state index contributed by atoms with van der Waals surface area (Å²) in [6.45, 7) is 0. The Labute approximate surface area is 172 Å². The van der Waals surface area contributed by atoms with Gasteiger partial charge in [-0.25, -0.2) is 8.60 Å². The van der Waals surface area contributed by atoms with Gasteiger partial charge in [-0.1, -0.05) is 36.4 Å². The normalized spacial score (nSPS) is 12.1. The summed E-state index contributed by atoms with van der Waals surface area (Å²) in [5, 5.41) is 8.01. The van der Waals surface area contributed by atoms with Crippen LogP contribution in [0.2, 0.25) is 0 Å². The van der Waals surface area contributed by atoms with Crippen LogP contribution in [0.5, 0.6) is 0 Å². The van der Waals surface area contributed by atoms with Crippen LogP contribution >= 0.6 is 11.3 Å². The zero-order valence-corrected chi connectivity index (χ0v) is 16.6. The second-order valence-electron chi connectivity index (χ2n) is 6.30. The fourth-order valence-electron chi connectivity index (χ4n) is 3.05. The topological polar surface area (TPSA) is 72.2 Å². The summed E-state index contributed by atoms with van der Waals surface area (Å²) in [5.74, 6) is -0.354. The molecule has 0 aliphatic rings. The summed E-state index contributed by atoms with van der Waals surface area (Å²) in [4.78, 5) is 13.3. The lowest BCUT2D eigenvalue weighted by atomic mass is 9.96. The summed E-state index contributed by atoms with van der Waals surface area (Å²) in [6, 6.07) is 14.6. The molecule has 1 unspecified atom stereocenters. The molecule has 2 heterocycles. The SMILES string of the molecule is O=c1c(-c2ccc(F)cc2)c(-c2ccc(CS(=O)O)cc2)cnn1-c1ccsc1. The Kier molecular flexibility index (Phi) is 5.48. The number of hydrogen-bond donors (Lipinski definition) is 1. The predicted molar refractivity (Wildman–Crippen MR) is 113 cm³/mol. The highest BCUT2D eigenvalue weighted by Crippen LogP contribution is 2.30. The summed E-state index contributed by atoms with van der Waals surface area (Å²) in [5.41, 5.74) is 3.38. The number of nitrogens with zero attached hydrogens (tertiary/aromatic N) is 2. The first-order valence-corrected chi connectivity index (χ1v) is 10.8. The Morgan fingerprint density at radius 2 is 1.72 bits per heavy atom. The van der Waals surface area contributed by atoms with Crippen LogP contribution in [0.4, 0.5) is 4.39 Å². The zero-order valence-electron chi connectivity index (χ0n) is 15.0. The predicted octanol–water partition coefficient (Wildman–Crippen LogP) is 4.49. The number of rotatable bonds is 5. The molecule has 0 aliphatic heterocycles. The Morgan fingerprint density at radius 3 is 2.34 bits per heavy atom. The maximum atomic E-state index is 13.4. The van der Waals surface area contributed by atoms with Crippen molar-refractivity contribution in [2.75, 3.05) is 0 Å². The van der Waals surface area contributed by atoms with Crippen molar-refractivity contribution in [3.63, 3.8) is 0 Å². The van der Waals surface area contributed by atoms with Crippen molar-refractivity contribution in [3.05, 3.63) is 93.3 Å². The molecule has 0 aliphatic carbocycles. The average molecular weight is 426 g/mol. The maximum absolute atomic E-state index is 13.4. The third kappa shape index (κ3) is 4.09. The molecule has 0 spiro atoms. The van der Waals surface area contributed by atoms with E-state index in [1.54, 1.807) is 48.7 Å². The van der Waals surface area contributed by atoms with Gasteiger partial charge in [0.2, 0.25) is 0 Å². The molecule has 0 bridgehead atoms. The van der Waals surface area contributed by atoms with Gasteiger partial charge in [-0.05, 0) is 40.3 Å². The molecule has 0 amide bonds. The quantitative estimate of drug-likeness (QED) is 0.478. The van der Waals surface area contributed by atoms with Crippen molar-refractivity contribution in [1.82, 2.24) is 9.78 Å². The first-order chi connectivity index (χ1) is 14.0. The molecule has 29 heavy (non-hydrogen) atoms. The molecule has 0 saturated carbocycles. The van der Waals surface area contributed by atoms with Gasteiger partial charge in [0.15, 0.2) is 11.1 Å². The molecular formula is C21H15FN2O3S2. The number of benzene rings is 2. The van der Waals surface area contributed by atoms with Crippen LogP contribution in [0, 0.1) is 5.82 Å². The molecular weight excluding hydrogens is 411 g/mol. The summed E-state index contributed by atoms with van der Waals surface area (Å²) >= 11 is -0.469. The van der Waals surface area contributed by atoms with Crippen LogP contribution in [-0.2, 0) is 16.8 Å². The molecule has 146 valence electrons. The second kappa shape index (κ2) is 8.20. The Hall–Kier alpha value is -2.94. The van der Waals surface area contributed by atoms with Gasteiger partial charge in [-0.15, -0.1) is 0 Å². The number of thiophene rings is 1. The number of hydrogen-bond acceptors (Lipinski definition) is 4. The van der Waals surface area contributed by atoms with Gasteiger partial charge < -0.3 is 4.55 Å². The third-order valence-electron chi connectivity index (χ3n) is 4.42. The molecule has 1 N–H and O–H groups in total. The zero-order chi connectivity index (χ0) is 20.4. The summed E-state index contributed by atoms with van der Waals surface area (Å²) in [7, 11) is 0. The highest BCUT2D eigenvalue weighted by atomic mass is 32.2. The van der Waals surface area contributed by atoms with Crippen LogP contribution in [0.15, 0.2) is 76.3 Å². The standard InChI is InChI=1S/C21H15FN2O3S2/c22-17-7-5-16(6-8-17)20-19(15-3-1-14(2-4-15)13-29(26)27)11-23-24(21(20)25)18-9-10-28-12-18/h1-12H,13H2,(H,26,27). The molecule has 8 heteroatoms. The highest BCUT2D eigenvalue weighted by molar-refractivity contribution is 7.78. The van der Waals surface area contributed by atoms with Crippen LogP contribution < -0.4 is 5.56 Å². The van der Waals surface area contributed by atoms with E-state index in [1.807, 2.05) is 10.8 Å². The lowest BCUT2D eigenvalue weighted by Gasteiger charge is -2.12. The molecule has 4 rings (SSSR count). The van der Waals surface area contributed by atoms with Crippen molar-refractivity contribution in [2.24, 2.45) is 0 Å². The van der Waals surface area contributed by atoms with Crippen LogP contribution in [0.3, 0.4) is 0 Å². The van der Waals surface area contributed by atoms with Gasteiger partial charge in [-0.3, -0.25) is 4.79 Å². The molecule has 2 aromatic carbocycles. The summed E-state index contributed by atoms with van der Waals surface area (Å²) in [6.07, 6.45) is 1.61. The minimum absolute atomic E-state index is 0.0309. The molecule has 5 nitrogen and oxygen atoms in total. The van der Waals surface area contributed by atoms with Crippen molar-refractivity contribution >= 4 is 22.4 Å². The van der Waals surface area contributed by atoms with E-state index in [9.17, 15) is 13.4 Å². The van der Waals surface area contributed by atoms with Gasteiger partial charge in [0.05, 0.1) is 23.2 Å². The second-order valence-corrected chi connectivity index (χ2v) is 8.01. The van der Waals surface area contributed by atoms with E-state index in [-0.39, 0.29) is 17.1 Å². The van der Waals surface area contributed by atoms with Crippen molar-refractivity contribution in [1.29, 1.82) is 0 Å². The van der Waals surface area contributed by atoms with Gasteiger partial charge >= 0.3 is 0 Å².